The maximum absolute atomic E-state index is 12.1. The van der Waals surface area contributed by atoms with Crippen molar-refractivity contribution in [2.45, 2.75) is 33.1 Å². The first-order chi connectivity index (χ1) is 10.1. The van der Waals surface area contributed by atoms with Gasteiger partial charge in [-0.15, -0.1) is 0 Å². The second kappa shape index (κ2) is 7.46. The first-order valence-electron chi connectivity index (χ1n) is 7.75. The Kier molecular flexibility index (Phi) is 5.62. The van der Waals surface area contributed by atoms with E-state index in [2.05, 4.69) is 17.1 Å². The summed E-state index contributed by atoms with van der Waals surface area (Å²) in [6, 6.07) is 5.81. The molecule has 0 aromatic heterocycles. The zero-order valence-electron chi connectivity index (χ0n) is 13.3. The minimum absolute atomic E-state index is 0.0533. The summed E-state index contributed by atoms with van der Waals surface area (Å²) < 4.78 is 5.28. The largest absolute Gasteiger partial charge is 0.495 e. The van der Waals surface area contributed by atoms with Crippen LogP contribution in [0.3, 0.4) is 0 Å². The highest BCUT2D eigenvalue weighted by Crippen LogP contribution is 2.25. The Balaban J connectivity index is 1.83. The van der Waals surface area contributed by atoms with E-state index in [1.165, 1.54) is 12.8 Å². The molecule has 1 aromatic rings. The Morgan fingerprint density at radius 3 is 2.76 bits per heavy atom. The molecule has 21 heavy (non-hydrogen) atoms. The standard InChI is InChI=1S/C17H26N2O2/c1-13-6-9-19(10-7-13)11-8-17(20)18-15-12-14(2)4-5-16(15)21-3/h4-5,12-13H,6-11H2,1-3H3,(H,18,20). The highest BCUT2D eigenvalue weighted by molar-refractivity contribution is 5.92. The predicted octanol–water partition coefficient (Wildman–Crippen LogP) is 3.06. The highest BCUT2D eigenvalue weighted by atomic mass is 16.5. The number of aryl methyl sites for hydroxylation is 1. The maximum Gasteiger partial charge on any atom is 0.225 e. The first-order valence-corrected chi connectivity index (χ1v) is 7.75. The van der Waals surface area contributed by atoms with Crippen molar-refractivity contribution in [1.82, 2.24) is 4.90 Å². The SMILES string of the molecule is COc1ccc(C)cc1NC(=O)CCN1CCC(C)CC1. The summed E-state index contributed by atoms with van der Waals surface area (Å²) in [4.78, 5) is 14.5. The molecule has 4 heteroatoms. The van der Waals surface area contributed by atoms with Crippen LogP contribution in [0.1, 0.15) is 31.7 Å². The van der Waals surface area contributed by atoms with Crippen molar-refractivity contribution in [3.05, 3.63) is 23.8 Å². The number of rotatable bonds is 5. The Morgan fingerprint density at radius 2 is 2.10 bits per heavy atom. The van der Waals surface area contributed by atoms with Gasteiger partial charge in [0, 0.05) is 13.0 Å². The molecule has 0 atom stereocenters. The lowest BCUT2D eigenvalue weighted by atomic mass is 9.99. The van der Waals surface area contributed by atoms with Gasteiger partial charge in [-0.3, -0.25) is 4.79 Å². The van der Waals surface area contributed by atoms with Crippen LogP contribution in [0.25, 0.3) is 0 Å². The van der Waals surface area contributed by atoms with E-state index in [9.17, 15) is 4.79 Å². The summed E-state index contributed by atoms with van der Waals surface area (Å²) in [6.45, 7) is 7.37. The summed E-state index contributed by atoms with van der Waals surface area (Å²) in [5, 5.41) is 2.96. The van der Waals surface area contributed by atoms with Gasteiger partial charge in [0.25, 0.3) is 0 Å². The van der Waals surface area contributed by atoms with E-state index in [4.69, 9.17) is 4.74 Å². The van der Waals surface area contributed by atoms with Gasteiger partial charge in [-0.25, -0.2) is 0 Å². The zero-order chi connectivity index (χ0) is 15.2. The van der Waals surface area contributed by atoms with Gasteiger partial charge in [-0.2, -0.15) is 0 Å². The fourth-order valence-corrected chi connectivity index (χ4v) is 2.68. The Hall–Kier alpha value is -1.55. The number of amides is 1. The van der Waals surface area contributed by atoms with Crippen molar-refractivity contribution < 1.29 is 9.53 Å². The van der Waals surface area contributed by atoms with Gasteiger partial charge in [-0.1, -0.05) is 13.0 Å². The van der Waals surface area contributed by atoms with Gasteiger partial charge in [0.2, 0.25) is 5.91 Å². The third kappa shape index (κ3) is 4.74. The van der Waals surface area contributed by atoms with Crippen molar-refractivity contribution >= 4 is 11.6 Å². The topological polar surface area (TPSA) is 41.6 Å². The van der Waals surface area contributed by atoms with Crippen LogP contribution in [-0.4, -0.2) is 37.6 Å². The van der Waals surface area contributed by atoms with Gasteiger partial charge in [0.15, 0.2) is 0 Å². The highest BCUT2D eigenvalue weighted by Gasteiger charge is 2.16. The molecule has 116 valence electrons. The third-order valence-corrected chi connectivity index (χ3v) is 4.16. The molecule has 1 aliphatic rings. The summed E-state index contributed by atoms with van der Waals surface area (Å²) in [6.07, 6.45) is 3.02. The van der Waals surface area contributed by atoms with Crippen LogP contribution < -0.4 is 10.1 Å². The molecule has 2 rings (SSSR count). The van der Waals surface area contributed by atoms with Crippen LogP contribution in [0.5, 0.6) is 5.75 Å². The minimum atomic E-state index is 0.0533. The molecule has 1 saturated heterocycles. The summed E-state index contributed by atoms with van der Waals surface area (Å²) in [7, 11) is 1.62. The smallest absolute Gasteiger partial charge is 0.225 e. The molecule has 0 bridgehead atoms. The molecule has 1 fully saturated rings. The first kappa shape index (κ1) is 15.8. The number of nitrogens with zero attached hydrogens (tertiary/aromatic N) is 1. The molecule has 0 aliphatic carbocycles. The van der Waals surface area contributed by atoms with Crippen LogP contribution >= 0.6 is 0 Å². The number of ether oxygens (including phenoxy) is 1. The number of hydrogen-bond donors (Lipinski definition) is 1. The molecule has 1 aliphatic heterocycles. The Bertz CT molecular complexity index is 480. The van der Waals surface area contributed by atoms with Crippen LogP contribution in [0.2, 0.25) is 0 Å². The van der Waals surface area contributed by atoms with Crippen molar-refractivity contribution in [3.8, 4) is 5.75 Å². The lowest BCUT2D eigenvalue weighted by Gasteiger charge is -2.29. The normalized spacial score (nSPS) is 16.7. The van der Waals surface area contributed by atoms with E-state index in [1.807, 2.05) is 25.1 Å². The van der Waals surface area contributed by atoms with Crippen LogP contribution in [-0.2, 0) is 4.79 Å². The van der Waals surface area contributed by atoms with Gasteiger partial charge >= 0.3 is 0 Å². The number of likely N-dealkylation sites (tertiary alicyclic amines) is 1. The van der Waals surface area contributed by atoms with Crippen molar-refractivity contribution in [1.29, 1.82) is 0 Å². The number of hydrogen-bond acceptors (Lipinski definition) is 3. The Labute approximate surface area is 127 Å². The van der Waals surface area contributed by atoms with E-state index in [0.717, 1.165) is 36.8 Å². The molecule has 0 saturated carbocycles. The lowest BCUT2D eigenvalue weighted by molar-refractivity contribution is -0.116. The lowest BCUT2D eigenvalue weighted by Crippen LogP contribution is -2.35. The Morgan fingerprint density at radius 1 is 1.38 bits per heavy atom. The van der Waals surface area contributed by atoms with Gasteiger partial charge in [0.1, 0.15) is 5.75 Å². The number of nitrogens with one attached hydrogen (secondary N) is 1. The molecule has 0 radical (unpaired) electrons. The maximum atomic E-state index is 12.1. The number of benzene rings is 1. The van der Waals surface area contributed by atoms with E-state index >= 15 is 0 Å². The predicted molar refractivity (Wildman–Crippen MR) is 85.8 cm³/mol. The number of methoxy groups -OCH3 is 1. The molecule has 4 nitrogen and oxygen atoms in total. The van der Waals surface area contributed by atoms with E-state index < -0.39 is 0 Å². The molecule has 1 heterocycles. The molecule has 0 unspecified atom stereocenters. The van der Waals surface area contributed by atoms with E-state index in [1.54, 1.807) is 7.11 Å². The number of carbonyl (C=O) groups excluding carboxylic acids is 1. The fraction of sp³-hybridized carbons (Fsp3) is 0.588. The monoisotopic (exact) mass is 290 g/mol. The number of carbonyl (C=O) groups is 1. The number of anilines is 1. The quantitative estimate of drug-likeness (QED) is 0.906. The molecule has 1 aromatic carbocycles. The summed E-state index contributed by atoms with van der Waals surface area (Å²) >= 11 is 0. The average Bonchev–Trinajstić information content (AvgIpc) is 2.47. The fourth-order valence-electron chi connectivity index (χ4n) is 2.68. The van der Waals surface area contributed by atoms with Gasteiger partial charge in [-0.05, 0) is 56.5 Å². The zero-order valence-corrected chi connectivity index (χ0v) is 13.3. The molecular formula is C17H26N2O2. The molecular weight excluding hydrogens is 264 g/mol. The summed E-state index contributed by atoms with van der Waals surface area (Å²) in [5.74, 6) is 1.59. The van der Waals surface area contributed by atoms with Crippen molar-refractivity contribution in [2.75, 3.05) is 32.1 Å². The minimum Gasteiger partial charge on any atom is -0.495 e. The van der Waals surface area contributed by atoms with Gasteiger partial charge in [0.05, 0.1) is 12.8 Å². The van der Waals surface area contributed by atoms with Crippen molar-refractivity contribution in [3.63, 3.8) is 0 Å². The molecule has 1 N–H and O–H groups in total. The second-order valence-electron chi connectivity index (χ2n) is 6.03. The molecule has 0 spiro atoms. The van der Waals surface area contributed by atoms with Crippen LogP contribution in [0, 0.1) is 12.8 Å². The number of piperidine rings is 1. The van der Waals surface area contributed by atoms with Gasteiger partial charge < -0.3 is 15.0 Å². The van der Waals surface area contributed by atoms with Crippen molar-refractivity contribution in [2.24, 2.45) is 5.92 Å². The average molecular weight is 290 g/mol. The van der Waals surface area contributed by atoms with E-state index in [-0.39, 0.29) is 5.91 Å². The molecule has 1 amide bonds. The van der Waals surface area contributed by atoms with Crippen LogP contribution in [0.4, 0.5) is 5.69 Å². The second-order valence-corrected chi connectivity index (χ2v) is 6.03. The third-order valence-electron chi connectivity index (χ3n) is 4.16. The van der Waals surface area contributed by atoms with E-state index in [0.29, 0.717) is 12.2 Å². The van der Waals surface area contributed by atoms with Crippen LogP contribution in [0.15, 0.2) is 18.2 Å². The summed E-state index contributed by atoms with van der Waals surface area (Å²) in [5.41, 5.74) is 1.87.